The van der Waals surface area contributed by atoms with Crippen molar-refractivity contribution in [2.75, 3.05) is 18.5 Å². The Bertz CT molecular complexity index is 1050. The largest absolute Gasteiger partial charge is 0.376 e. The molecule has 0 spiro atoms. The first-order valence-electron chi connectivity index (χ1n) is 9.41. The summed E-state index contributed by atoms with van der Waals surface area (Å²) in [5, 5.41) is 9.50. The number of hydrogen-bond donors (Lipinski definition) is 2. The van der Waals surface area contributed by atoms with E-state index in [9.17, 15) is 18.0 Å². The number of benzene rings is 1. The highest BCUT2D eigenvalue weighted by Crippen LogP contribution is 2.33. The number of nitrogens with one attached hydrogen (secondary N) is 2. The first-order chi connectivity index (χ1) is 13.8. The highest BCUT2D eigenvalue weighted by molar-refractivity contribution is 7.90. The number of fused-ring (bicyclic) bond motifs is 1. The quantitative estimate of drug-likeness (QED) is 0.710. The molecule has 2 aromatic rings. The molecule has 1 aromatic carbocycles. The molecule has 2 aliphatic rings. The third-order valence-corrected chi connectivity index (χ3v) is 6.46. The van der Waals surface area contributed by atoms with Gasteiger partial charge in [-0.3, -0.25) is 9.59 Å². The lowest BCUT2D eigenvalue weighted by molar-refractivity contribution is -0.136. The maximum atomic E-state index is 12.5. The molecule has 9 nitrogen and oxygen atoms in total. The number of hydrogen-bond acceptors (Lipinski definition) is 6. The second-order valence-corrected chi connectivity index (χ2v) is 9.42. The number of carbonyl (C=O) groups is 2. The van der Waals surface area contributed by atoms with E-state index in [-0.39, 0.29) is 30.0 Å². The number of aryl methyl sites for hydroxylation is 1. The van der Waals surface area contributed by atoms with Gasteiger partial charge < -0.3 is 15.4 Å². The van der Waals surface area contributed by atoms with Gasteiger partial charge in [0.25, 0.3) is 0 Å². The molecule has 1 aromatic heterocycles. The number of anilines is 1. The fourth-order valence-electron chi connectivity index (χ4n) is 3.50. The molecule has 10 heteroatoms. The van der Waals surface area contributed by atoms with Gasteiger partial charge in [0.2, 0.25) is 0 Å². The molecule has 0 bridgehead atoms. The van der Waals surface area contributed by atoms with Gasteiger partial charge in [-0.25, -0.2) is 13.1 Å². The van der Waals surface area contributed by atoms with Gasteiger partial charge in [0.05, 0.1) is 29.0 Å². The molecule has 0 radical (unpaired) electrons. The highest BCUT2D eigenvalue weighted by Gasteiger charge is 2.34. The van der Waals surface area contributed by atoms with Crippen LogP contribution in [0.15, 0.2) is 24.3 Å². The number of sulfone groups is 1. The predicted octanol–water partition coefficient (Wildman–Crippen LogP) is 0.843. The predicted molar refractivity (Wildman–Crippen MR) is 105 cm³/mol. The van der Waals surface area contributed by atoms with Crippen LogP contribution in [0.4, 0.5) is 5.82 Å². The summed E-state index contributed by atoms with van der Waals surface area (Å²) in [5.41, 5.74) is 2.53. The van der Waals surface area contributed by atoms with Crippen molar-refractivity contribution in [1.82, 2.24) is 15.1 Å². The van der Waals surface area contributed by atoms with Gasteiger partial charge in [-0.05, 0) is 31.9 Å². The zero-order valence-electron chi connectivity index (χ0n) is 16.0. The van der Waals surface area contributed by atoms with Crippen LogP contribution >= 0.6 is 0 Å². The van der Waals surface area contributed by atoms with Crippen LogP contribution in [-0.2, 0) is 35.7 Å². The van der Waals surface area contributed by atoms with E-state index in [4.69, 9.17) is 4.74 Å². The number of rotatable bonds is 4. The second kappa shape index (κ2) is 7.60. The summed E-state index contributed by atoms with van der Waals surface area (Å²) >= 11 is 0. The molecule has 2 aliphatic heterocycles. The van der Waals surface area contributed by atoms with Gasteiger partial charge in [-0.2, -0.15) is 5.10 Å². The molecule has 29 heavy (non-hydrogen) atoms. The standard InChI is InChI=1S/C19H22N4O5S/c1-12-4-6-13(7-5-12)23-17(15-10-29(26,27)11-16(15)22-23)21-19(25)18(24)20-9-14-3-2-8-28-14/h4-7,14H,2-3,8-11H2,1H3,(H,20,24)(H,21,25)/t14-/m1/s1. The van der Waals surface area contributed by atoms with Gasteiger partial charge in [-0.1, -0.05) is 17.7 Å². The molecule has 1 atom stereocenters. The van der Waals surface area contributed by atoms with Crippen LogP contribution < -0.4 is 10.6 Å². The van der Waals surface area contributed by atoms with Gasteiger partial charge in [0.1, 0.15) is 5.82 Å². The number of nitrogens with zero attached hydrogens (tertiary/aromatic N) is 2. The number of amides is 2. The van der Waals surface area contributed by atoms with Crippen molar-refractivity contribution < 1.29 is 22.7 Å². The Hall–Kier alpha value is -2.72. The third-order valence-electron chi connectivity index (χ3n) is 5.02. The second-order valence-electron chi connectivity index (χ2n) is 7.35. The molecule has 1 fully saturated rings. The minimum atomic E-state index is -3.31. The van der Waals surface area contributed by atoms with E-state index in [1.165, 1.54) is 4.68 Å². The van der Waals surface area contributed by atoms with E-state index in [1.807, 2.05) is 31.2 Å². The molecule has 0 saturated carbocycles. The maximum absolute atomic E-state index is 12.5. The number of carbonyl (C=O) groups excluding carboxylic acids is 2. The monoisotopic (exact) mass is 418 g/mol. The molecule has 0 unspecified atom stereocenters. The van der Waals surface area contributed by atoms with Gasteiger partial charge in [0.15, 0.2) is 9.84 Å². The Morgan fingerprint density at radius 3 is 2.66 bits per heavy atom. The Kier molecular flexibility index (Phi) is 5.13. The van der Waals surface area contributed by atoms with E-state index in [0.717, 1.165) is 18.4 Å². The Morgan fingerprint density at radius 1 is 1.21 bits per heavy atom. The summed E-state index contributed by atoms with van der Waals surface area (Å²) < 4.78 is 30.9. The lowest BCUT2D eigenvalue weighted by Gasteiger charge is -2.13. The Morgan fingerprint density at radius 2 is 1.97 bits per heavy atom. The molecule has 0 aliphatic carbocycles. The third kappa shape index (κ3) is 4.18. The van der Waals surface area contributed by atoms with Crippen molar-refractivity contribution in [3.63, 3.8) is 0 Å². The SMILES string of the molecule is Cc1ccc(-n2nc3c(c2NC(=O)C(=O)NC[C@H]2CCCO2)CS(=O)(=O)C3)cc1. The average Bonchev–Trinajstić information content (AvgIpc) is 3.36. The van der Waals surface area contributed by atoms with Crippen LogP contribution in [0.1, 0.15) is 29.7 Å². The highest BCUT2D eigenvalue weighted by atomic mass is 32.2. The van der Waals surface area contributed by atoms with Crippen molar-refractivity contribution in [2.24, 2.45) is 0 Å². The van der Waals surface area contributed by atoms with Crippen molar-refractivity contribution >= 4 is 27.5 Å². The number of ether oxygens (including phenoxy) is 1. The summed E-state index contributed by atoms with van der Waals surface area (Å²) in [5.74, 6) is -1.87. The average molecular weight is 418 g/mol. The summed E-state index contributed by atoms with van der Waals surface area (Å²) in [6, 6.07) is 7.41. The molecule has 3 heterocycles. The van der Waals surface area contributed by atoms with Crippen LogP contribution in [0.25, 0.3) is 5.69 Å². The smallest absolute Gasteiger partial charge is 0.314 e. The van der Waals surface area contributed by atoms with E-state index in [2.05, 4.69) is 15.7 Å². The van der Waals surface area contributed by atoms with E-state index in [1.54, 1.807) is 0 Å². The van der Waals surface area contributed by atoms with Crippen LogP contribution in [0, 0.1) is 6.92 Å². The molecule has 2 amide bonds. The summed E-state index contributed by atoms with van der Waals surface area (Å²) in [6.07, 6.45) is 1.69. The Labute approximate surface area is 168 Å². The first-order valence-corrected chi connectivity index (χ1v) is 11.2. The zero-order valence-corrected chi connectivity index (χ0v) is 16.8. The van der Waals surface area contributed by atoms with Crippen LogP contribution in [-0.4, -0.2) is 49.3 Å². The summed E-state index contributed by atoms with van der Waals surface area (Å²) in [7, 11) is -3.31. The molecule has 154 valence electrons. The lowest BCUT2D eigenvalue weighted by atomic mass is 10.2. The molecular formula is C19H22N4O5S. The summed E-state index contributed by atoms with van der Waals surface area (Å²) in [4.78, 5) is 24.7. The van der Waals surface area contributed by atoms with Gasteiger partial charge in [0, 0.05) is 18.7 Å². The Balaban J connectivity index is 1.57. The molecule has 2 N–H and O–H groups in total. The first kappa shape index (κ1) is 19.6. The van der Waals surface area contributed by atoms with Crippen LogP contribution in [0.2, 0.25) is 0 Å². The lowest BCUT2D eigenvalue weighted by Crippen LogP contribution is -2.39. The number of aromatic nitrogens is 2. The normalized spacial score (nSPS) is 19.7. The minimum absolute atomic E-state index is 0.0840. The van der Waals surface area contributed by atoms with Crippen LogP contribution in [0.3, 0.4) is 0 Å². The van der Waals surface area contributed by atoms with Gasteiger partial charge in [-0.15, -0.1) is 0 Å². The van der Waals surface area contributed by atoms with Gasteiger partial charge >= 0.3 is 11.8 Å². The van der Waals surface area contributed by atoms with Crippen molar-refractivity contribution in [3.8, 4) is 5.69 Å². The molecule has 1 saturated heterocycles. The fraction of sp³-hybridized carbons (Fsp3) is 0.421. The van der Waals surface area contributed by atoms with E-state index < -0.39 is 21.7 Å². The topological polar surface area (TPSA) is 119 Å². The van der Waals surface area contributed by atoms with Crippen LogP contribution in [0.5, 0.6) is 0 Å². The molecular weight excluding hydrogens is 396 g/mol. The summed E-state index contributed by atoms with van der Waals surface area (Å²) in [6.45, 7) is 2.86. The fourth-order valence-corrected chi connectivity index (χ4v) is 4.99. The van der Waals surface area contributed by atoms with Crippen molar-refractivity contribution in [1.29, 1.82) is 0 Å². The van der Waals surface area contributed by atoms with Crippen molar-refractivity contribution in [2.45, 2.75) is 37.4 Å². The van der Waals surface area contributed by atoms with E-state index in [0.29, 0.717) is 23.6 Å². The van der Waals surface area contributed by atoms with E-state index >= 15 is 0 Å². The maximum Gasteiger partial charge on any atom is 0.314 e. The molecule has 4 rings (SSSR count). The zero-order chi connectivity index (χ0) is 20.6. The minimum Gasteiger partial charge on any atom is -0.376 e. The van der Waals surface area contributed by atoms with Crippen molar-refractivity contribution in [3.05, 3.63) is 41.1 Å².